The molecule has 0 aliphatic heterocycles. The molecule has 2 N–H and O–H groups in total. The molecule has 0 bridgehead atoms. The van der Waals surface area contributed by atoms with Gasteiger partial charge >= 0.3 is 0 Å². The number of aryl methyl sites for hydroxylation is 1. The van der Waals surface area contributed by atoms with Crippen LogP contribution >= 0.6 is 0 Å². The Hall–Kier alpha value is -3.53. The zero-order chi connectivity index (χ0) is 18.1. The molecular weight excluding hydrogens is 322 g/mol. The summed E-state index contributed by atoms with van der Waals surface area (Å²) in [5.41, 5.74) is 10.6. The van der Waals surface area contributed by atoms with Gasteiger partial charge in [-0.3, -0.25) is 4.79 Å². The Labute approximate surface area is 151 Å². The molecule has 128 valence electrons. The van der Waals surface area contributed by atoms with E-state index in [0.717, 1.165) is 22.5 Å². The van der Waals surface area contributed by atoms with E-state index in [9.17, 15) is 4.79 Å². The minimum atomic E-state index is -0.220. The molecule has 0 amide bonds. The van der Waals surface area contributed by atoms with Crippen LogP contribution in [0.15, 0.2) is 89.7 Å². The predicted molar refractivity (Wildman–Crippen MR) is 106 cm³/mol. The van der Waals surface area contributed by atoms with Crippen molar-refractivity contribution in [2.24, 2.45) is 0 Å². The quantitative estimate of drug-likeness (QED) is 0.607. The number of aromatic nitrogens is 2. The second-order valence-corrected chi connectivity index (χ2v) is 6.18. The van der Waals surface area contributed by atoms with Gasteiger partial charge in [-0.15, -0.1) is 0 Å². The highest BCUT2D eigenvalue weighted by Gasteiger charge is 2.22. The molecule has 0 radical (unpaired) electrons. The molecule has 4 nitrogen and oxygen atoms in total. The summed E-state index contributed by atoms with van der Waals surface area (Å²) < 4.78 is 3.55. The molecule has 0 saturated heterocycles. The summed E-state index contributed by atoms with van der Waals surface area (Å²) in [7, 11) is 0. The second kappa shape index (κ2) is 6.41. The van der Waals surface area contributed by atoms with E-state index in [1.165, 1.54) is 0 Å². The van der Waals surface area contributed by atoms with Crippen LogP contribution in [0, 0.1) is 6.92 Å². The summed E-state index contributed by atoms with van der Waals surface area (Å²) in [6.45, 7) is 1.99. The molecule has 1 aromatic heterocycles. The largest absolute Gasteiger partial charge is 0.392 e. The number of para-hydroxylation sites is 2. The molecule has 26 heavy (non-hydrogen) atoms. The first kappa shape index (κ1) is 16.0. The maximum absolute atomic E-state index is 13.1. The molecule has 0 atom stereocenters. The summed E-state index contributed by atoms with van der Waals surface area (Å²) in [4.78, 5) is 13.1. The highest BCUT2D eigenvalue weighted by Crippen LogP contribution is 2.29. The fourth-order valence-electron chi connectivity index (χ4n) is 3.23. The molecule has 1 heterocycles. The lowest BCUT2D eigenvalue weighted by molar-refractivity contribution is 0.725. The number of anilines is 1. The zero-order valence-corrected chi connectivity index (χ0v) is 14.5. The van der Waals surface area contributed by atoms with Crippen molar-refractivity contribution in [1.82, 2.24) is 9.36 Å². The highest BCUT2D eigenvalue weighted by molar-refractivity contribution is 5.75. The number of nitrogens with two attached hydrogens (primary N) is 1. The van der Waals surface area contributed by atoms with Gasteiger partial charge in [0.2, 0.25) is 0 Å². The van der Waals surface area contributed by atoms with Crippen molar-refractivity contribution in [3.05, 3.63) is 101 Å². The molecule has 4 heteroatoms. The number of nitrogen functional groups attached to an aromatic ring is 1. The monoisotopic (exact) mass is 341 g/mol. The molecular formula is C22H19N3O. The summed E-state index contributed by atoms with van der Waals surface area (Å²) in [6.07, 6.45) is 0. The van der Waals surface area contributed by atoms with E-state index in [2.05, 4.69) is 0 Å². The van der Waals surface area contributed by atoms with Crippen molar-refractivity contribution in [3.8, 4) is 22.6 Å². The van der Waals surface area contributed by atoms with Gasteiger partial charge in [0.1, 0.15) is 5.69 Å². The van der Waals surface area contributed by atoms with Crippen molar-refractivity contribution in [3.63, 3.8) is 0 Å². The molecule has 0 saturated carbocycles. The van der Waals surface area contributed by atoms with Gasteiger partial charge in [0.15, 0.2) is 0 Å². The zero-order valence-electron chi connectivity index (χ0n) is 14.5. The smallest absolute Gasteiger partial charge is 0.295 e. The predicted octanol–water partition coefficient (Wildman–Crippen LogP) is 4.19. The maximum atomic E-state index is 13.1. The minimum Gasteiger partial charge on any atom is -0.392 e. The van der Waals surface area contributed by atoms with E-state index >= 15 is 0 Å². The third kappa shape index (κ3) is 2.52. The van der Waals surface area contributed by atoms with Crippen LogP contribution in [-0.4, -0.2) is 9.36 Å². The molecule has 4 rings (SSSR count). The first-order valence-electron chi connectivity index (χ1n) is 8.49. The number of rotatable bonds is 3. The summed E-state index contributed by atoms with van der Waals surface area (Å²) in [5.74, 6) is 0. The highest BCUT2D eigenvalue weighted by atomic mass is 16.1. The summed E-state index contributed by atoms with van der Waals surface area (Å²) >= 11 is 0. The third-order valence-corrected chi connectivity index (χ3v) is 4.48. The van der Waals surface area contributed by atoms with Crippen LogP contribution in [0.3, 0.4) is 0 Å². The molecule has 0 fully saturated rings. The van der Waals surface area contributed by atoms with Gasteiger partial charge < -0.3 is 5.73 Å². The minimum absolute atomic E-state index is 0.220. The third-order valence-electron chi connectivity index (χ3n) is 4.48. The molecule has 3 aromatic carbocycles. The van der Waals surface area contributed by atoms with Gasteiger partial charge in [-0.25, -0.2) is 9.36 Å². The van der Waals surface area contributed by atoms with E-state index in [4.69, 9.17) is 5.73 Å². The van der Waals surface area contributed by atoms with Gasteiger partial charge in [0, 0.05) is 5.56 Å². The van der Waals surface area contributed by atoms with E-state index in [1.54, 1.807) is 4.68 Å². The summed E-state index contributed by atoms with van der Waals surface area (Å²) in [6, 6.07) is 27.4. The number of hydrogen-bond donors (Lipinski definition) is 1. The van der Waals surface area contributed by atoms with Crippen LogP contribution in [-0.2, 0) is 0 Å². The second-order valence-electron chi connectivity index (χ2n) is 6.18. The Morgan fingerprint density at radius 2 is 1.31 bits per heavy atom. The Bertz CT molecular complexity index is 1110. The van der Waals surface area contributed by atoms with Gasteiger partial charge in [0.25, 0.3) is 5.56 Å². The van der Waals surface area contributed by atoms with Gasteiger partial charge in [0.05, 0.1) is 17.1 Å². The molecule has 0 unspecified atom stereocenters. The van der Waals surface area contributed by atoms with Crippen molar-refractivity contribution >= 4 is 5.69 Å². The van der Waals surface area contributed by atoms with Crippen LogP contribution < -0.4 is 11.3 Å². The Morgan fingerprint density at radius 1 is 0.731 bits per heavy atom. The topological polar surface area (TPSA) is 52.9 Å². The first-order chi connectivity index (χ1) is 12.7. The van der Waals surface area contributed by atoms with Crippen molar-refractivity contribution in [1.29, 1.82) is 0 Å². The van der Waals surface area contributed by atoms with Crippen LogP contribution in [0.1, 0.15) is 5.56 Å². The molecule has 0 aliphatic carbocycles. The number of nitrogens with zero attached hydrogens (tertiary/aromatic N) is 2. The van der Waals surface area contributed by atoms with Crippen LogP contribution in [0.25, 0.3) is 22.6 Å². The Kier molecular flexibility index (Phi) is 3.93. The maximum Gasteiger partial charge on any atom is 0.295 e. The lowest BCUT2D eigenvalue weighted by atomic mass is 10.1. The normalized spacial score (nSPS) is 10.8. The van der Waals surface area contributed by atoms with Crippen molar-refractivity contribution < 1.29 is 0 Å². The fourth-order valence-corrected chi connectivity index (χ4v) is 3.23. The van der Waals surface area contributed by atoms with Crippen molar-refractivity contribution in [2.75, 3.05) is 5.73 Å². The number of hydrogen-bond acceptors (Lipinski definition) is 2. The van der Waals surface area contributed by atoms with E-state index in [1.807, 2.05) is 96.5 Å². The van der Waals surface area contributed by atoms with Crippen LogP contribution in [0.4, 0.5) is 5.69 Å². The fraction of sp³-hybridized carbons (Fsp3) is 0.0455. The number of benzene rings is 3. The lowest BCUT2D eigenvalue weighted by Crippen LogP contribution is -2.22. The standard InChI is InChI=1S/C22H19N3O/c1-16-10-8-9-15-19(16)25-22(26)20(23)21(17-11-4-2-5-12-17)24(25)18-13-6-3-7-14-18/h2-15H,23H2,1H3. The average molecular weight is 341 g/mol. The van der Waals surface area contributed by atoms with Crippen LogP contribution in [0.5, 0.6) is 0 Å². The molecule has 4 aromatic rings. The SMILES string of the molecule is Cc1ccccc1-n1c(=O)c(N)c(-c2ccccc2)n1-c1ccccc1. The lowest BCUT2D eigenvalue weighted by Gasteiger charge is -2.16. The molecule has 0 aliphatic rings. The van der Waals surface area contributed by atoms with E-state index in [0.29, 0.717) is 5.69 Å². The van der Waals surface area contributed by atoms with E-state index < -0.39 is 0 Å². The van der Waals surface area contributed by atoms with E-state index in [-0.39, 0.29) is 11.2 Å². The molecule has 0 spiro atoms. The van der Waals surface area contributed by atoms with Gasteiger partial charge in [-0.2, -0.15) is 0 Å². The van der Waals surface area contributed by atoms with Crippen LogP contribution in [0.2, 0.25) is 0 Å². The van der Waals surface area contributed by atoms with Gasteiger partial charge in [-0.05, 0) is 30.7 Å². The van der Waals surface area contributed by atoms with Gasteiger partial charge in [-0.1, -0.05) is 66.7 Å². The van der Waals surface area contributed by atoms with Crippen molar-refractivity contribution in [2.45, 2.75) is 6.92 Å². The average Bonchev–Trinajstić information content (AvgIpc) is 2.95. The Morgan fingerprint density at radius 3 is 1.96 bits per heavy atom. The summed E-state index contributed by atoms with van der Waals surface area (Å²) in [5, 5.41) is 0. The Balaban J connectivity index is 2.14. The first-order valence-corrected chi connectivity index (χ1v) is 8.49.